The predicted molar refractivity (Wildman–Crippen MR) is 110 cm³/mol. The fraction of sp³-hybridized carbons (Fsp3) is 0.364. The molecule has 2 aromatic heterocycles. The summed E-state index contributed by atoms with van der Waals surface area (Å²) in [5, 5.41) is 16.4. The van der Waals surface area contributed by atoms with Gasteiger partial charge >= 0.3 is 0 Å². The van der Waals surface area contributed by atoms with Crippen LogP contribution in [0.2, 0.25) is 0 Å². The largest absolute Gasteiger partial charge is 0.494 e. The number of alkyl halides is 2. The summed E-state index contributed by atoms with van der Waals surface area (Å²) in [5.74, 6) is 7.62. The average molecular weight is 430 g/mol. The number of ether oxygens (including phenoxy) is 1. The van der Waals surface area contributed by atoms with Crippen LogP contribution in [0.1, 0.15) is 42.3 Å². The number of aliphatic hydroxyl groups is 1. The molecule has 3 rings (SSSR count). The van der Waals surface area contributed by atoms with Gasteiger partial charge in [-0.15, -0.1) is 0 Å². The first-order valence-electron chi connectivity index (χ1n) is 9.89. The van der Waals surface area contributed by atoms with E-state index in [0.29, 0.717) is 49.1 Å². The Morgan fingerprint density at radius 3 is 2.81 bits per heavy atom. The van der Waals surface area contributed by atoms with Gasteiger partial charge < -0.3 is 24.3 Å². The zero-order valence-corrected chi connectivity index (χ0v) is 17.1. The minimum Gasteiger partial charge on any atom is -0.494 e. The Morgan fingerprint density at radius 2 is 2.06 bits per heavy atom. The lowest BCUT2D eigenvalue weighted by molar-refractivity contribution is 0.145. The molecule has 3 aromatic rings. The number of halogens is 2. The summed E-state index contributed by atoms with van der Waals surface area (Å²) in [5.41, 5.74) is 1.46. The molecule has 0 aliphatic carbocycles. The van der Waals surface area contributed by atoms with Crippen LogP contribution >= 0.6 is 0 Å². The van der Waals surface area contributed by atoms with Crippen LogP contribution in [-0.2, 0) is 6.54 Å². The summed E-state index contributed by atoms with van der Waals surface area (Å²) in [6.45, 7) is 2.70. The highest BCUT2D eigenvalue weighted by atomic mass is 19.3. The second-order valence-electron chi connectivity index (χ2n) is 6.84. The van der Waals surface area contributed by atoms with Crippen LogP contribution in [0.25, 0.3) is 0 Å². The predicted octanol–water partition coefficient (Wildman–Crippen LogP) is 3.00. The minimum absolute atomic E-state index is 0.299. The Hall–Kier alpha value is -3.22. The van der Waals surface area contributed by atoms with Gasteiger partial charge in [-0.25, -0.2) is 13.8 Å². The topological polar surface area (TPSA) is 85.3 Å². The first-order valence-corrected chi connectivity index (χ1v) is 9.89. The Balaban J connectivity index is 1.48. The van der Waals surface area contributed by atoms with E-state index in [-0.39, 0.29) is 6.54 Å². The molecule has 0 saturated carbocycles. The summed E-state index contributed by atoms with van der Waals surface area (Å²) >= 11 is 0. The molecule has 0 aliphatic heterocycles. The molecule has 0 fully saturated rings. The van der Waals surface area contributed by atoms with E-state index in [4.69, 9.17) is 9.26 Å². The van der Waals surface area contributed by atoms with Crippen molar-refractivity contribution in [2.24, 2.45) is 0 Å². The van der Waals surface area contributed by atoms with Crippen molar-refractivity contribution in [1.29, 1.82) is 0 Å². The summed E-state index contributed by atoms with van der Waals surface area (Å²) in [4.78, 5) is 4.13. The lowest BCUT2D eigenvalue weighted by Crippen LogP contribution is -2.23. The van der Waals surface area contributed by atoms with Crippen molar-refractivity contribution in [3.8, 4) is 17.6 Å². The second-order valence-corrected chi connectivity index (χ2v) is 6.84. The van der Waals surface area contributed by atoms with Crippen LogP contribution < -0.4 is 10.1 Å². The van der Waals surface area contributed by atoms with Crippen LogP contribution in [0.5, 0.6) is 5.75 Å². The van der Waals surface area contributed by atoms with Crippen molar-refractivity contribution < 1.29 is 23.1 Å². The van der Waals surface area contributed by atoms with Gasteiger partial charge in [0.05, 0.1) is 19.7 Å². The Morgan fingerprint density at radius 1 is 1.26 bits per heavy atom. The van der Waals surface area contributed by atoms with Gasteiger partial charge in [0, 0.05) is 24.0 Å². The van der Waals surface area contributed by atoms with Gasteiger partial charge in [-0.1, -0.05) is 11.1 Å². The normalized spacial score (nSPS) is 11.9. The van der Waals surface area contributed by atoms with E-state index in [2.05, 4.69) is 27.3 Å². The second kappa shape index (κ2) is 11.2. The van der Waals surface area contributed by atoms with Crippen LogP contribution in [-0.4, -0.2) is 45.9 Å². The van der Waals surface area contributed by atoms with Crippen molar-refractivity contribution in [2.45, 2.75) is 32.4 Å². The maximum atomic E-state index is 12.0. The molecule has 0 bridgehead atoms. The van der Waals surface area contributed by atoms with Crippen LogP contribution in [0.15, 0.2) is 47.2 Å². The number of rotatable bonds is 10. The van der Waals surface area contributed by atoms with Gasteiger partial charge in [0.1, 0.15) is 23.4 Å². The van der Waals surface area contributed by atoms with Crippen molar-refractivity contribution in [3.63, 3.8) is 0 Å². The highest BCUT2D eigenvalue weighted by Gasteiger charge is 2.11. The summed E-state index contributed by atoms with van der Waals surface area (Å²) in [6, 6.07) is 9.01. The molecule has 31 heavy (non-hydrogen) atoms. The Bertz CT molecular complexity index is 1000. The van der Waals surface area contributed by atoms with Crippen LogP contribution in [0, 0.1) is 11.8 Å². The molecule has 2 N–H and O–H groups in total. The number of aliphatic hydroxyl groups excluding tert-OH is 1. The van der Waals surface area contributed by atoms with Gasteiger partial charge in [-0.3, -0.25) is 0 Å². The first kappa shape index (κ1) is 22.5. The number of hydrogen-bond donors (Lipinski definition) is 2. The van der Waals surface area contributed by atoms with Gasteiger partial charge in [-0.05, 0) is 50.1 Å². The van der Waals surface area contributed by atoms with Crippen molar-refractivity contribution in [2.75, 3.05) is 19.7 Å². The summed E-state index contributed by atoms with van der Waals surface area (Å²) in [6.07, 6.45) is 1.03. The molecule has 2 heterocycles. The highest BCUT2D eigenvalue weighted by Crippen LogP contribution is 2.14. The molecule has 1 atom stereocenters. The van der Waals surface area contributed by atoms with Gasteiger partial charge in [0.2, 0.25) is 5.76 Å². The molecular formula is C22H24F2N4O3. The van der Waals surface area contributed by atoms with E-state index in [9.17, 15) is 13.9 Å². The maximum Gasteiger partial charge on any atom is 0.250 e. The number of nitrogens with zero attached hydrogens (tertiary/aromatic N) is 3. The summed E-state index contributed by atoms with van der Waals surface area (Å²) < 4.78 is 36.7. The van der Waals surface area contributed by atoms with Gasteiger partial charge in [-0.2, -0.15) is 0 Å². The molecule has 0 amide bonds. The molecular weight excluding hydrogens is 406 g/mol. The van der Waals surface area contributed by atoms with E-state index in [1.807, 2.05) is 12.1 Å². The molecule has 0 aliphatic rings. The Kier molecular flexibility index (Phi) is 8.15. The SMILES string of the molecule is C[C@H](O)c1nccn1Cc1cc(C#Cc2ccc(OCCCNCC(F)F)cc2)on1. The van der Waals surface area contributed by atoms with Gasteiger partial charge in [0.25, 0.3) is 6.43 Å². The Labute approximate surface area is 179 Å². The maximum absolute atomic E-state index is 12.0. The molecule has 0 spiro atoms. The quantitative estimate of drug-likeness (QED) is 0.380. The lowest BCUT2D eigenvalue weighted by atomic mass is 10.2. The van der Waals surface area contributed by atoms with Crippen molar-refractivity contribution >= 4 is 0 Å². The van der Waals surface area contributed by atoms with E-state index in [1.165, 1.54) is 0 Å². The van der Waals surface area contributed by atoms with E-state index in [1.54, 1.807) is 42.1 Å². The number of imidazole rings is 1. The number of nitrogens with one attached hydrogen (secondary N) is 1. The number of benzene rings is 1. The standard InChI is InChI=1S/C22H24F2N4O3/c1-16(29)22-26-10-11-28(22)15-18-13-20(31-27-18)8-5-17-3-6-19(7-4-17)30-12-2-9-25-14-21(23)24/h3-4,6-7,10-11,13,16,21,25,29H,2,9,12,14-15H2,1H3/t16-/m0/s1. The average Bonchev–Trinajstić information content (AvgIpc) is 3.39. The molecule has 0 radical (unpaired) electrons. The third-order valence-corrected chi connectivity index (χ3v) is 4.26. The third-order valence-electron chi connectivity index (χ3n) is 4.26. The summed E-state index contributed by atoms with van der Waals surface area (Å²) in [7, 11) is 0. The van der Waals surface area contributed by atoms with Crippen molar-refractivity contribution in [3.05, 3.63) is 65.6 Å². The fourth-order valence-electron chi connectivity index (χ4n) is 2.81. The number of hydrogen-bond acceptors (Lipinski definition) is 6. The first-order chi connectivity index (χ1) is 15.0. The van der Waals surface area contributed by atoms with Gasteiger partial charge in [0.15, 0.2) is 0 Å². The molecule has 0 saturated heterocycles. The fourth-order valence-corrected chi connectivity index (χ4v) is 2.81. The zero-order chi connectivity index (χ0) is 22.1. The van der Waals surface area contributed by atoms with E-state index < -0.39 is 12.5 Å². The van der Waals surface area contributed by atoms with Crippen LogP contribution in [0.4, 0.5) is 8.78 Å². The van der Waals surface area contributed by atoms with Crippen molar-refractivity contribution in [1.82, 2.24) is 20.0 Å². The minimum atomic E-state index is -2.34. The van der Waals surface area contributed by atoms with Crippen LogP contribution in [0.3, 0.4) is 0 Å². The monoisotopic (exact) mass is 430 g/mol. The molecule has 164 valence electrons. The zero-order valence-electron chi connectivity index (χ0n) is 17.1. The molecule has 0 unspecified atom stereocenters. The molecule has 7 nitrogen and oxygen atoms in total. The molecule has 1 aromatic carbocycles. The highest BCUT2D eigenvalue weighted by molar-refractivity contribution is 5.41. The smallest absolute Gasteiger partial charge is 0.250 e. The number of aromatic nitrogens is 3. The van der Waals surface area contributed by atoms with E-state index in [0.717, 1.165) is 5.56 Å². The van der Waals surface area contributed by atoms with E-state index >= 15 is 0 Å². The lowest BCUT2D eigenvalue weighted by Gasteiger charge is -2.07. The molecule has 9 heteroatoms. The third kappa shape index (κ3) is 7.20.